The Balaban J connectivity index is 2.10. The molecule has 0 aromatic carbocycles. The first-order chi connectivity index (χ1) is 8.58. The van der Waals surface area contributed by atoms with Crippen molar-refractivity contribution in [3.8, 4) is 0 Å². The van der Waals surface area contributed by atoms with Gasteiger partial charge in [-0.15, -0.1) is 11.3 Å². The predicted molar refractivity (Wildman–Crippen MR) is 73.5 cm³/mol. The van der Waals surface area contributed by atoms with E-state index in [9.17, 15) is 4.79 Å². The van der Waals surface area contributed by atoms with Gasteiger partial charge in [0.1, 0.15) is 0 Å². The maximum absolute atomic E-state index is 12.4. The Morgan fingerprint density at radius 2 is 2.39 bits per heavy atom. The standard InChI is InChI=1S/C12H17ClN2O2S/c1-14(2)7-9-8-17-6-5-15(9)12(16)10-3-4-11(13)18-10/h3-4,9H,5-8H2,1-2H3. The number of halogens is 1. The highest BCUT2D eigenvalue weighted by atomic mass is 35.5. The molecule has 1 atom stereocenters. The number of nitrogens with zero attached hydrogens (tertiary/aromatic N) is 2. The summed E-state index contributed by atoms with van der Waals surface area (Å²) >= 11 is 7.21. The number of carbonyl (C=O) groups excluding carboxylic acids is 1. The van der Waals surface area contributed by atoms with Gasteiger partial charge in [0.2, 0.25) is 0 Å². The van der Waals surface area contributed by atoms with E-state index in [0.29, 0.717) is 29.0 Å². The predicted octanol–water partition coefficient (Wildman–Crippen LogP) is 1.80. The van der Waals surface area contributed by atoms with Gasteiger partial charge in [-0.25, -0.2) is 0 Å². The Morgan fingerprint density at radius 3 is 3.00 bits per heavy atom. The Labute approximate surface area is 116 Å². The van der Waals surface area contributed by atoms with Gasteiger partial charge in [-0.05, 0) is 26.2 Å². The number of hydrogen-bond acceptors (Lipinski definition) is 4. The second-order valence-corrected chi connectivity index (χ2v) is 6.31. The molecular formula is C12H17ClN2O2S. The molecule has 1 amide bonds. The fraction of sp³-hybridized carbons (Fsp3) is 0.583. The molecule has 2 rings (SSSR count). The lowest BCUT2D eigenvalue weighted by atomic mass is 10.2. The van der Waals surface area contributed by atoms with Gasteiger partial charge in [-0.2, -0.15) is 0 Å². The maximum Gasteiger partial charge on any atom is 0.264 e. The number of likely N-dealkylation sites (N-methyl/N-ethyl adjacent to an activating group) is 1. The zero-order valence-corrected chi connectivity index (χ0v) is 12.1. The Morgan fingerprint density at radius 1 is 1.61 bits per heavy atom. The number of rotatable bonds is 3. The third kappa shape index (κ3) is 3.23. The van der Waals surface area contributed by atoms with E-state index in [4.69, 9.17) is 16.3 Å². The Hall–Kier alpha value is -0.620. The Bertz CT molecular complexity index is 422. The van der Waals surface area contributed by atoms with Crippen LogP contribution in [0.25, 0.3) is 0 Å². The fourth-order valence-electron chi connectivity index (χ4n) is 2.07. The molecule has 0 bridgehead atoms. The van der Waals surface area contributed by atoms with Gasteiger partial charge in [0.05, 0.1) is 28.5 Å². The molecule has 6 heteroatoms. The molecule has 2 heterocycles. The average Bonchev–Trinajstić information content (AvgIpc) is 2.75. The minimum Gasteiger partial charge on any atom is -0.377 e. The largest absolute Gasteiger partial charge is 0.377 e. The molecule has 1 saturated heterocycles. The molecule has 4 nitrogen and oxygen atoms in total. The third-order valence-electron chi connectivity index (χ3n) is 2.85. The van der Waals surface area contributed by atoms with E-state index in [1.807, 2.05) is 19.0 Å². The average molecular weight is 289 g/mol. The zero-order valence-electron chi connectivity index (χ0n) is 10.6. The summed E-state index contributed by atoms with van der Waals surface area (Å²) in [5.74, 6) is 0.0575. The second kappa shape index (κ2) is 6.02. The molecule has 18 heavy (non-hydrogen) atoms. The van der Waals surface area contributed by atoms with Crippen LogP contribution in [0.5, 0.6) is 0 Å². The first kappa shape index (κ1) is 13.8. The summed E-state index contributed by atoms with van der Waals surface area (Å²) in [6, 6.07) is 3.67. The van der Waals surface area contributed by atoms with Crippen LogP contribution < -0.4 is 0 Å². The van der Waals surface area contributed by atoms with Crippen LogP contribution in [0, 0.1) is 0 Å². The summed E-state index contributed by atoms with van der Waals surface area (Å²) in [7, 11) is 4.00. The minimum absolute atomic E-state index is 0.0575. The molecule has 0 saturated carbocycles. The van der Waals surface area contributed by atoms with E-state index in [1.165, 1.54) is 11.3 Å². The van der Waals surface area contributed by atoms with Crippen LogP contribution in [-0.4, -0.2) is 62.1 Å². The van der Waals surface area contributed by atoms with Gasteiger partial charge in [-0.1, -0.05) is 11.6 Å². The lowest BCUT2D eigenvalue weighted by Gasteiger charge is -2.36. The van der Waals surface area contributed by atoms with Crippen molar-refractivity contribution in [2.24, 2.45) is 0 Å². The molecule has 1 aromatic heterocycles. The molecule has 0 N–H and O–H groups in total. The van der Waals surface area contributed by atoms with Crippen LogP contribution in [0.1, 0.15) is 9.67 Å². The molecule has 1 fully saturated rings. The number of thiophene rings is 1. The van der Waals surface area contributed by atoms with Crippen LogP contribution in [0.3, 0.4) is 0 Å². The summed E-state index contributed by atoms with van der Waals surface area (Å²) in [6.07, 6.45) is 0. The number of hydrogen-bond donors (Lipinski definition) is 0. The van der Waals surface area contributed by atoms with E-state index < -0.39 is 0 Å². The number of ether oxygens (including phenoxy) is 1. The molecule has 1 aromatic rings. The minimum atomic E-state index is 0.0575. The van der Waals surface area contributed by atoms with Gasteiger partial charge in [-0.3, -0.25) is 4.79 Å². The van der Waals surface area contributed by atoms with Crippen LogP contribution in [0.4, 0.5) is 0 Å². The van der Waals surface area contributed by atoms with Gasteiger partial charge in [0.25, 0.3) is 5.91 Å². The van der Waals surface area contributed by atoms with Gasteiger partial charge in [0, 0.05) is 13.1 Å². The smallest absolute Gasteiger partial charge is 0.264 e. The highest BCUT2D eigenvalue weighted by Crippen LogP contribution is 2.24. The molecule has 100 valence electrons. The van der Waals surface area contributed by atoms with E-state index >= 15 is 0 Å². The quantitative estimate of drug-likeness (QED) is 0.850. The molecule has 1 aliphatic heterocycles. The molecular weight excluding hydrogens is 272 g/mol. The summed E-state index contributed by atoms with van der Waals surface area (Å²) in [4.78, 5) is 17.1. The summed E-state index contributed by atoms with van der Waals surface area (Å²) < 4.78 is 6.11. The van der Waals surface area contributed by atoms with Crippen LogP contribution >= 0.6 is 22.9 Å². The van der Waals surface area contributed by atoms with Crippen molar-refractivity contribution in [1.82, 2.24) is 9.80 Å². The van der Waals surface area contributed by atoms with Crippen molar-refractivity contribution in [2.75, 3.05) is 40.4 Å². The normalized spacial score (nSPS) is 20.4. The summed E-state index contributed by atoms with van der Waals surface area (Å²) in [6.45, 7) is 2.66. The number of amides is 1. The lowest BCUT2D eigenvalue weighted by Crippen LogP contribution is -2.52. The first-order valence-corrected chi connectivity index (χ1v) is 7.06. The van der Waals surface area contributed by atoms with E-state index in [2.05, 4.69) is 4.90 Å². The number of morpholine rings is 1. The Kier molecular flexibility index (Phi) is 4.61. The van der Waals surface area contributed by atoms with Crippen molar-refractivity contribution in [3.05, 3.63) is 21.3 Å². The summed E-state index contributed by atoms with van der Waals surface area (Å²) in [5, 5.41) is 0. The van der Waals surface area contributed by atoms with Crippen molar-refractivity contribution in [1.29, 1.82) is 0 Å². The highest BCUT2D eigenvalue weighted by molar-refractivity contribution is 7.17. The van der Waals surface area contributed by atoms with E-state index in [-0.39, 0.29) is 11.9 Å². The first-order valence-electron chi connectivity index (χ1n) is 5.86. The highest BCUT2D eigenvalue weighted by Gasteiger charge is 2.29. The molecule has 1 unspecified atom stereocenters. The molecule has 0 aliphatic carbocycles. The monoisotopic (exact) mass is 288 g/mol. The molecule has 0 radical (unpaired) electrons. The molecule has 1 aliphatic rings. The fourth-order valence-corrected chi connectivity index (χ4v) is 3.06. The lowest BCUT2D eigenvalue weighted by molar-refractivity contribution is -0.00805. The maximum atomic E-state index is 12.4. The molecule has 0 spiro atoms. The third-order valence-corrected chi connectivity index (χ3v) is 4.07. The SMILES string of the molecule is CN(C)CC1COCCN1C(=O)c1ccc(Cl)s1. The van der Waals surface area contributed by atoms with Crippen molar-refractivity contribution in [2.45, 2.75) is 6.04 Å². The van der Waals surface area contributed by atoms with Crippen LogP contribution in [0.2, 0.25) is 4.34 Å². The second-order valence-electron chi connectivity index (χ2n) is 4.59. The van der Waals surface area contributed by atoms with Crippen molar-refractivity contribution >= 4 is 28.8 Å². The van der Waals surface area contributed by atoms with Crippen LogP contribution in [0.15, 0.2) is 12.1 Å². The summed E-state index contributed by atoms with van der Waals surface area (Å²) in [5.41, 5.74) is 0. The van der Waals surface area contributed by atoms with E-state index in [1.54, 1.807) is 12.1 Å². The van der Waals surface area contributed by atoms with Gasteiger partial charge < -0.3 is 14.5 Å². The van der Waals surface area contributed by atoms with Crippen LogP contribution in [-0.2, 0) is 4.74 Å². The van der Waals surface area contributed by atoms with Gasteiger partial charge >= 0.3 is 0 Å². The van der Waals surface area contributed by atoms with Crippen molar-refractivity contribution in [3.63, 3.8) is 0 Å². The topological polar surface area (TPSA) is 32.8 Å². The number of carbonyl (C=O) groups is 1. The van der Waals surface area contributed by atoms with Gasteiger partial charge in [0.15, 0.2) is 0 Å². The zero-order chi connectivity index (χ0) is 13.1. The van der Waals surface area contributed by atoms with E-state index in [0.717, 1.165) is 6.54 Å². The van der Waals surface area contributed by atoms with Crippen molar-refractivity contribution < 1.29 is 9.53 Å².